The molecule has 1 rings (SSSR count). The van der Waals surface area contributed by atoms with Gasteiger partial charge in [-0.1, -0.05) is 0 Å². The molecule has 0 aliphatic carbocycles. The number of aliphatic hydroxyl groups excluding tert-OH is 1. The van der Waals surface area contributed by atoms with Crippen LogP contribution < -0.4 is 0 Å². The summed E-state index contributed by atoms with van der Waals surface area (Å²) >= 11 is 0. The Labute approximate surface area is 59.2 Å². The van der Waals surface area contributed by atoms with Crippen molar-refractivity contribution in [3.05, 3.63) is 24.3 Å². The third kappa shape index (κ3) is 1.29. The second-order valence-corrected chi connectivity index (χ2v) is 2.09. The van der Waals surface area contributed by atoms with Crippen LogP contribution in [0.15, 0.2) is 24.3 Å². The fourth-order valence-corrected chi connectivity index (χ4v) is 0.715. The van der Waals surface area contributed by atoms with Crippen LogP contribution in [-0.4, -0.2) is 33.9 Å². The lowest BCUT2D eigenvalue weighted by molar-refractivity contribution is -0.0200. The van der Waals surface area contributed by atoms with Crippen molar-refractivity contribution < 1.29 is 10.3 Å². The van der Waals surface area contributed by atoms with Gasteiger partial charge in [0.25, 0.3) is 0 Å². The largest absolute Gasteiger partial charge is 0.390 e. The number of nitrogens with zero attached hydrogens (tertiary/aromatic N) is 2. The predicted octanol–water partition coefficient (Wildman–Crippen LogP) is -0.0721. The van der Waals surface area contributed by atoms with E-state index in [0.717, 1.165) is 5.06 Å². The summed E-state index contributed by atoms with van der Waals surface area (Å²) in [5, 5.41) is 18.5. The van der Waals surface area contributed by atoms with Crippen molar-refractivity contribution >= 4 is 0 Å². The first-order valence-electron chi connectivity index (χ1n) is 2.94. The van der Waals surface area contributed by atoms with Gasteiger partial charge >= 0.3 is 0 Å². The standard InChI is InChI=1S/C6H10N2O2/c1-7-2-3-8(10)6(4-7)5-9/h2-4,9-10H,5H2,1H3. The van der Waals surface area contributed by atoms with Crippen molar-refractivity contribution in [2.75, 3.05) is 13.7 Å². The molecule has 0 aromatic carbocycles. The van der Waals surface area contributed by atoms with Gasteiger partial charge in [0.15, 0.2) is 0 Å². The summed E-state index contributed by atoms with van der Waals surface area (Å²) in [5.74, 6) is 0. The molecular formula is C6H10N2O2. The molecule has 0 aromatic heterocycles. The highest BCUT2D eigenvalue weighted by Gasteiger charge is 2.06. The molecule has 0 unspecified atom stereocenters. The molecule has 0 bridgehead atoms. The number of aliphatic hydroxyl groups is 1. The molecule has 0 saturated carbocycles. The Kier molecular flexibility index (Phi) is 1.94. The van der Waals surface area contributed by atoms with E-state index in [2.05, 4.69) is 0 Å². The maximum Gasteiger partial charge on any atom is 0.0876 e. The van der Waals surface area contributed by atoms with Gasteiger partial charge in [-0.25, -0.2) is 5.06 Å². The van der Waals surface area contributed by atoms with Crippen LogP contribution in [0, 0.1) is 0 Å². The summed E-state index contributed by atoms with van der Waals surface area (Å²) in [5.41, 5.74) is 0.463. The first-order chi connectivity index (χ1) is 4.74. The Morgan fingerprint density at radius 1 is 1.50 bits per heavy atom. The lowest BCUT2D eigenvalue weighted by atomic mass is 10.4. The summed E-state index contributed by atoms with van der Waals surface area (Å²) < 4.78 is 0. The van der Waals surface area contributed by atoms with Crippen LogP contribution in [0.25, 0.3) is 0 Å². The monoisotopic (exact) mass is 142 g/mol. The van der Waals surface area contributed by atoms with E-state index in [1.54, 1.807) is 17.3 Å². The molecule has 0 radical (unpaired) electrons. The van der Waals surface area contributed by atoms with Crippen molar-refractivity contribution in [2.45, 2.75) is 0 Å². The highest BCUT2D eigenvalue weighted by Crippen LogP contribution is 2.07. The lowest BCUT2D eigenvalue weighted by Gasteiger charge is -2.22. The van der Waals surface area contributed by atoms with Gasteiger partial charge < -0.3 is 10.0 Å². The minimum Gasteiger partial charge on any atom is -0.390 e. The van der Waals surface area contributed by atoms with Crippen LogP contribution >= 0.6 is 0 Å². The van der Waals surface area contributed by atoms with Gasteiger partial charge in [-0.05, 0) is 0 Å². The molecule has 0 aromatic rings. The number of rotatable bonds is 1. The fourth-order valence-electron chi connectivity index (χ4n) is 0.715. The van der Waals surface area contributed by atoms with Crippen LogP contribution in [0.4, 0.5) is 0 Å². The quantitative estimate of drug-likeness (QED) is 0.538. The Balaban J connectivity index is 2.69. The normalized spacial score (nSPS) is 17.7. The van der Waals surface area contributed by atoms with Crippen molar-refractivity contribution in [2.24, 2.45) is 0 Å². The van der Waals surface area contributed by atoms with Gasteiger partial charge in [-0.3, -0.25) is 5.21 Å². The number of hydrogen-bond donors (Lipinski definition) is 2. The minimum absolute atomic E-state index is 0.162. The zero-order chi connectivity index (χ0) is 7.56. The SMILES string of the molecule is CN1C=CN(O)C(CO)=C1. The second kappa shape index (κ2) is 2.72. The topological polar surface area (TPSA) is 46.9 Å². The third-order valence-corrected chi connectivity index (χ3v) is 1.25. The van der Waals surface area contributed by atoms with Crippen LogP contribution in [-0.2, 0) is 0 Å². The minimum atomic E-state index is -0.162. The van der Waals surface area contributed by atoms with Gasteiger partial charge in [0.2, 0.25) is 0 Å². The number of hydrogen-bond acceptors (Lipinski definition) is 4. The van der Waals surface area contributed by atoms with Gasteiger partial charge in [0.05, 0.1) is 12.3 Å². The first kappa shape index (κ1) is 7.11. The Morgan fingerprint density at radius 2 is 2.20 bits per heavy atom. The van der Waals surface area contributed by atoms with E-state index >= 15 is 0 Å². The third-order valence-electron chi connectivity index (χ3n) is 1.25. The van der Waals surface area contributed by atoms with E-state index in [0.29, 0.717) is 5.70 Å². The Hall–Kier alpha value is -1.00. The van der Waals surface area contributed by atoms with Crippen molar-refractivity contribution in [3.8, 4) is 0 Å². The average molecular weight is 142 g/mol. The van der Waals surface area contributed by atoms with Crippen LogP contribution in [0.3, 0.4) is 0 Å². The summed E-state index contributed by atoms with van der Waals surface area (Å²) in [7, 11) is 1.82. The molecule has 2 N–H and O–H groups in total. The molecule has 0 atom stereocenters. The van der Waals surface area contributed by atoms with Gasteiger partial charge in [0.1, 0.15) is 0 Å². The second-order valence-electron chi connectivity index (χ2n) is 2.09. The van der Waals surface area contributed by atoms with Gasteiger partial charge in [-0.15, -0.1) is 0 Å². The molecule has 10 heavy (non-hydrogen) atoms. The number of hydroxylamine groups is 2. The molecule has 0 amide bonds. The zero-order valence-electron chi connectivity index (χ0n) is 5.73. The highest BCUT2D eigenvalue weighted by atomic mass is 16.5. The van der Waals surface area contributed by atoms with Crippen LogP contribution in [0.5, 0.6) is 0 Å². The maximum absolute atomic E-state index is 8.98. The highest BCUT2D eigenvalue weighted by molar-refractivity contribution is 5.08. The molecule has 1 aliphatic rings. The Bertz CT molecular complexity index is 177. The molecule has 1 heterocycles. The molecule has 56 valence electrons. The van der Waals surface area contributed by atoms with E-state index < -0.39 is 0 Å². The zero-order valence-corrected chi connectivity index (χ0v) is 5.73. The molecule has 4 heteroatoms. The fraction of sp³-hybridized carbons (Fsp3) is 0.333. The summed E-state index contributed by atoms with van der Waals surface area (Å²) in [6.45, 7) is -0.162. The maximum atomic E-state index is 8.98. The average Bonchev–Trinajstić information content (AvgIpc) is 1.94. The van der Waals surface area contributed by atoms with E-state index in [-0.39, 0.29) is 6.61 Å². The van der Waals surface area contributed by atoms with E-state index in [1.807, 2.05) is 7.05 Å². The molecule has 1 aliphatic heterocycles. The Morgan fingerprint density at radius 3 is 2.70 bits per heavy atom. The summed E-state index contributed by atoms with van der Waals surface area (Å²) in [6, 6.07) is 0. The molecule has 4 nitrogen and oxygen atoms in total. The van der Waals surface area contributed by atoms with Crippen molar-refractivity contribution in [1.29, 1.82) is 0 Å². The molecule has 0 spiro atoms. The van der Waals surface area contributed by atoms with Crippen molar-refractivity contribution in [1.82, 2.24) is 9.96 Å². The lowest BCUT2D eigenvalue weighted by Crippen LogP contribution is -2.22. The summed E-state index contributed by atoms with van der Waals surface area (Å²) in [4.78, 5) is 1.75. The van der Waals surface area contributed by atoms with Crippen molar-refractivity contribution in [3.63, 3.8) is 0 Å². The van der Waals surface area contributed by atoms with Gasteiger partial charge in [-0.2, -0.15) is 0 Å². The van der Waals surface area contributed by atoms with E-state index in [4.69, 9.17) is 10.3 Å². The molecule has 0 fully saturated rings. The molecular weight excluding hydrogens is 132 g/mol. The van der Waals surface area contributed by atoms with Crippen LogP contribution in [0.1, 0.15) is 0 Å². The first-order valence-corrected chi connectivity index (χ1v) is 2.94. The van der Waals surface area contributed by atoms with E-state index in [1.165, 1.54) is 6.20 Å². The van der Waals surface area contributed by atoms with Gasteiger partial charge in [0, 0.05) is 25.6 Å². The van der Waals surface area contributed by atoms with Crippen LogP contribution in [0.2, 0.25) is 0 Å². The van der Waals surface area contributed by atoms with E-state index in [9.17, 15) is 0 Å². The predicted molar refractivity (Wildman–Crippen MR) is 35.7 cm³/mol. The molecule has 0 saturated heterocycles. The smallest absolute Gasteiger partial charge is 0.0876 e. The summed E-state index contributed by atoms with van der Waals surface area (Å²) in [6.07, 6.45) is 4.78.